The Morgan fingerprint density at radius 2 is 1.17 bits per heavy atom. The summed E-state index contributed by atoms with van der Waals surface area (Å²) < 4.78 is 0. The summed E-state index contributed by atoms with van der Waals surface area (Å²) in [5.74, 6) is -2.89. The number of carbonyl (C=O) groups is 2. The van der Waals surface area contributed by atoms with E-state index in [1.165, 1.54) is 24.3 Å². The van der Waals surface area contributed by atoms with Crippen LogP contribution in [0.3, 0.4) is 0 Å². The van der Waals surface area contributed by atoms with Gasteiger partial charge in [0.2, 0.25) is 0 Å². The van der Waals surface area contributed by atoms with Crippen molar-refractivity contribution in [1.29, 1.82) is 0 Å². The topological polar surface area (TPSA) is 170 Å². The molecule has 2 aromatic carbocycles. The fourth-order valence-electron chi connectivity index (χ4n) is 1.65. The minimum Gasteiger partial charge on any atom is -0.507 e. The van der Waals surface area contributed by atoms with Crippen LogP contribution in [0.1, 0.15) is 20.7 Å². The second-order valence-electron chi connectivity index (χ2n) is 4.47. The Labute approximate surface area is 134 Å². The molecule has 0 aromatic heterocycles. The zero-order valence-corrected chi connectivity index (χ0v) is 12.0. The molecule has 0 saturated carbocycles. The number of nitrogens with zero attached hydrogens (tertiary/aromatic N) is 2. The molecule has 0 aliphatic heterocycles. The zero-order chi connectivity index (χ0) is 17.7. The number of rotatable bonds is 4. The highest BCUT2D eigenvalue weighted by atomic mass is 16.8. The van der Waals surface area contributed by atoms with E-state index < -0.39 is 23.4 Å². The lowest BCUT2D eigenvalue weighted by Gasteiger charge is -2.02. The van der Waals surface area contributed by atoms with E-state index >= 15 is 0 Å². The number of aromatic hydroxyl groups is 2. The van der Waals surface area contributed by atoms with Gasteiger partial charge in [0.1, 0.15) is 22.6 Å². The fourth-order valence-corrected chi connectivity index (χ4v) is 1.65. The van der Waals surface area contributed by atoms with Gasteiger partial charge < -0.3 is 21.7 Å². The molecule has 0 aliphatic carbocycles. The van der Waals surface area contributed by atoms with E-state index in [0.29, 0.717) is 0 Å². The highest BCUT2D eigenvalue weighted by Crippen LogP contribution is 2.22. The lowest BCUT2D eigenvalue weighted by Crippen LogP contribution is -2.03. The first-order valence-electron chi connectivity index (χ1n) is 6.38. The number of nitrogen functional groups attached to an aromatic ring is 2. The van der Waals surface area contributed by atoms with Gasteiger partial charge in [-0.25, -0.2) is 9.59 Å². The molecule has 0 amide bonds. The van der Waals surface area contributed by atoms with Crippen molar-refractivity contribution in [3.05, 3.63) is 47.5 Å². The van der Waals surface area contributed by atoms with E-state index in [9.17, 15) is 19.8 Å². The van der Waals surface area contributed by atoms with Crippen molar-refractivity contribution in [2.24, 2.45) is 10.6 Å². The summed E-state index contributed by atoms with van der Waals surface area (Å²) in [7, 11) is 0. The molecular formula is C14H12N4O6. The highest BCUT2D eigenvalue weighted by molar-refractivity contribution is 5.93. The molecule has 0 saturated heterocycles. The first kappa shape index (κ1) is 16.5. The minimum atomic E-state index is -1.04. The SMILES string of the molecule is Nc1ccc(C(=O)ON=NOC(=O)c2ccc(N)cc2O)c(O)c1. The van der Waals surface area contributed by atoms with Gasteiger partial charge in [0.25, 0.3) is 0 Å². The summed E-state index contributed by atoms with van der Waals surface area (Å²) in [6, 6.07) is 7.49. The van der Waals surface area contributed by atoms with E-state index in [1.54, 1.807) is 0 Å². The summed E-state index contributed by atoms with van der Waals surface area (Å²) in [4.78, 5) is 31.9. The van der Waals surface area contributed by atoms with Crippen LogP contribution in [-0.2, 0) is 9.68 Å². The second-order valence-corrected chi connectivity index (χ2v) is 4.47. The van der Waals surface area contributed by atoms with Gasteiger partial charge in [-0.05, 0) is 24.3 Å². The van der Waals surface area contributed by atoms with Gasteiger partial charge in [-0.2, -0.15) is 0 Å². The Kier molecular flexibility index (Phi) is 4.80. The van der Waals surface area contributed by atoms with E-state index in [2.05, 4.69) is 20.2 Å². The summed E-state index contributed by atoms with van der Waals surface area (Å²) in [6.07, 6.45) is 0. The molecule has 6 N–H and O–H groups in total. The fraction of sp³-hybridized carbons (Fsp3) is 0. The first-order chi connectivity index (χ1) is 11.4. The lowest BCUT2D eigenvalue weighted by molar-refractivity contribution is 0.0238. The minimum absolute atomic E-state index is 0.203. The molecule has 0 bridgehead atoms. The maximum atomic E-state index is 11.6. The van der Waals surface area contributed by atoms with Crippen molar-refractivity contribution in [3.8, 4) is 11.5 Å². The average molecular weight is 332 g/mol. The van der Waals surface area contributed by atoms with E-state index in [0.717, 1.165) is 12.1 Å². The number of hydrogen-bond acceptors (Lipinski definition) is 10. The molecule has 0 fully saturated rings. The van der Waals surface area contributed by atoms with Gasteiger partial charge in [-0.15, -0.1) is 0 Å². The summed E-state index contributed by atoms with van der Waals surface area (Å²) in [5.41, 5.74) is 10.9. The first-order valence-corrected chi connectivity index (χ1v) is 6.38. The predicted molar refractivity (Wildman–Crippen MR) is 80.7 cm³/mol. The van der Waals surface area contributed by atoms with E-state index in [1.807, 2.05) is 0 Å². The smallest absolute Gasteiger partial charge is 0.371 e. The second kappa shape index (κ2) is 6.96. The number of benzene rings is 2. The van der Waals surface area contributed by atoms with Crippen LogP contribution >= 0.6 is 0 Å². The van der Waals surface area contributed by atoms with Crippen LogP contribution in [0.15, 0.2) is 47.0 Å². The number of nitrogens with two attached hydrogens (primary N) is 2. The van der Waals surface area contributed by atoms with Gasteiger partial charge in [0.15, 0.2) is 0 Å². The Bertz CT molecular complexity index is 753. The van der Waals surface area contributed by atoms with Gasteiger partial charge in [-0.1, -0.05) is 0 Å². The summed E-state index contributed by atoms with van der Waals surface area (Å²) in [6.45, 7) is 0. The molecule has 0 heterocycles. The number of phenolic OH excluding ortho intramolecular Hbond substituents is 2. The number of hydrogen-bond donors (Lipinski definition) is 4. The van der Waals surface area contributed by atoms with Crippen molar-refractivity contribution in [1.82, 2.24) is 0 Å². The predicted octanol–water partition coefficient (Wildman–Crippen LogP) is 1.56. The quantitative estimate of drug-likeness (QED) is 0.371. The Morgan fingerprint density at radius 3 is 1.50 bits per heavy atom. The molecule has 0 aliphatic rings. The Morgan fingerprint density at radius 1 is 0.792 bits per heavy atom. The molecule has 0 unspecified atom stereocenters. The molecule has 10 nitrogen and oxygen atoms in total. The standard InChI is InChI=1S/C14H12N4O6/c15-7-1-3-9(11(19)5-7)13(21)23-17-18-24-14(22)10-4-2-8(16)6-12(10)20/h1-6,19-20H,15-16H2. The molecular weight excluding hydrogens is 320 g/mol. The van der Waals surface area contributed by atoms with Crippen molar-refractivity contribution >= 4 is 23.3 Å². The number of phenols is 2. The molecule has 2 aromatic rings. The highest BCUT2D eigenvalue weighted by Gasteiger charge is 2.15. The van der Waals surface area contributed by atoms with Crippen LogP contribution in [0, 0.1) is 0 Å². The van der Waals surface area contributed by atoms with Crippen molar-refractivity contribution < 1.29 is 29.5 Å². The molecule has 24 heavy (non-hydrogen) atoms. The third-order valence-electron chi connectivity index (χ3n) is 2.76. The Hall–Kier alpha value is -3.82. The molecule has 10 heteroatoms. The summed E-state index contributed by atoms with van der Waals surface area (Å²) in [5, 5.41) is 24.9. The maximum Gasteiger partial charge on any atom is 0.371 e. The van der Waals surface area contributed by atoms with Crippen molar-refractivity contribution in [2.45, 2.75) is 0 Å². The van der Waals surface area contributed by atoms with Crippen molar-refractivity contribution in [2.75, 3.05) is 11.5 Å². The van der Waals surface area contributed by atoms with E-state index in [4.69, 9.17) is 11.5 Å². The molecule has 124 valence electrons. The van der Waals surface area contributed by atoms with Crippen LogP contribution in [-0.4, -0.2) is 22.2 Å². The maximum absolute atomic E-state index is 11.6. The van der Waals surface area contributed by atoms with E-state index in [-0.39, 0.29) is 22.5 Å². The molecule has 0 spiro atoms. The van der Waals surface area contributed by atoms with Crippen LogP contribution in [0.5, 0.6) is 11.5 Å². The van der Waals surface area contributed by atoms with Gasteiger partial charge >= 0.3 is 11.9 Å². The van der Waals surface area contributed by atoms with Gasteiger partial charge in [-0.3, -0.25) is 9.68 Å². The third kappa shape index (κ3) is 3.88. The normalized spacial score (nSPS) is 10.5. The third-order valence-corrected chi connectivity index (χ3v) is 2.76. The van der Waals surface area contributed by atoms with Crippen LogP contribution in [0.2, 0.25) is 0 Å². The average Bonchev–Trinajstić information content (AvgIpc) is 2.51. The van der Waals surface area contributed by atoms with Crippen LogP contribution in [0.25, 0.3) is 0 Å². The monoisotopic (exact) mass is 332 g/mol. The van der Waals surface area contributed by atoms with Gasteiger partial charge in [0.05, 0.1) is 10.6 Å². The molecule has 0 radical (unpaired) electrons. The summed E-state index contributed by atoms with van der Waals surface area (Å²) >= 11 is 0. The molecule has 0 atom stereocenters. The lowest BCUT2D eigenvalue weighted by atomic mass is 10.2. The molecule has 2 rings (SSSR count). The van der Waals surface area contributed by atoms with Crippen molar-refractivity contribution in [3.63, 3.8) is 0 Å². The van der Waals surface area contributed by atoms with Crippen LogP contribution < -0.4 is 11.5 Å². The number of carbonyl (C=O) groups excluding carboxylic acids is 2. The Balaban J connectivity index is 1.94. The van der Waals surface area contributed by atoms with Crippen LogP contribution in [0.4, 0.5) is 11.4 Å². The largest absolute Gasteiger partial charge is 0.507 e. The zero-order valence-electron chi connectivity index (χ0n) is 12.0. The number of anilines is 2. The van der Waals surface area contributed by atoms with Gasteiger partial charge in [0, 0.05) is 23.5 Å².